The lowest BCUT2D eigenvalue weighted by Crippen LogP contribution is -2.32. The van der Waals surface area contributed by atoms with Crippen LogP contribution >= 0.6 is 0 Å². The Bertz CT molecular complexity index is 381. The van der Waals surface area contributed by atoms with Crippen molar-refractivity contribution in [3.05, 3.63) is 35.4 Å². The van der Waals surface area contributed by atoms with E-state index in [0.29, 0.717) is 0 Å². The molecule has 0 saturated carbocycles. The van der Waals surface area contributed by atoms with Gasteiger partial charge in [0.05, 0.1) is 0 Å². The molecule has 1 N–H and O–H groups in total. The number of aliphatic hydroxyl groups is 1. The molecular formula is C11H12F2O2. The van der Waals surface area contributed by atoms with Crippen LogP contribution < -0.4 is 0 Å². The second-order valence-corrected chi connectivity index (χ2v) is 3.87. The zero-order chi connectivity index (χ0) is 11.6. The topological polar surface area (TPSA) is 37.3 Å². The van der Waals surface area contributed by atoms with Crippen LogP contribution in [0.25, 0.3) is 0 Å². The van der Waals surface area contributed by atoms with Crippen LogP contribution in [0.2, 0.25) is 0 Å². The fourth-order valence-corrected chi connectivity index (χ4v) is 1.07. The van der Waals surface area contributed by atoms with Crippen LogP contribution in [0.1, 0.15) is 19.4 Å². The highest BCUT2D eigenvalue weighted by atomic mass is 19.2. The van der Waals surface area contributed by atoms with Gasteiger partial charge in [0.15, 0.2) is 17.4 Å². The van der Waals surface area contributed by atoms with Gasteiger partial charge in [-0.3, -0.25) is 4.79 Å². The Labute approximate surface area is 86.5 Å². The molecule has 0 fully saturated rings. The number of Topliss-reactive ketones (excluding diaryl/α,β-unsaturated/α-hetero) is 1. The minimum Gasteiger partial charge on any atom is -0.383 e. The molecule has 0 aliphatic rings. The summed E-state index contributed by atoms with van der Waals surface area (Å²) in [6.45, 7) is 2.62. The third-order valence-electron chi connectivity index (χ3n) is 2.06. The summed E-state index contributed by atoms with van der Waals surface area (Å²) in [5, 5.41) is 9.34. The maximum absolute atomic E-state index is 13.1. The van der Waals surface area contributed by atoms with Crippen molar-refractivity contribution < 1.29 is 18.7 Å². The summed E-state index contributed by atoms with van der Waals surface area (Å²) >= 11 is 0. The maximum atomic E-state index is 13.1. The molecule has 1 aromatic carbocycles. The molecule has 4 heteroatoms. The molecular weight excluding hydrogens is 202 g/mol. The van der Waals surface area contributed by atoms with Gasteiger partial charge >= 0.3 is 0 Å². The Morgan fingerprint density at radius 1 is 1.40 bits per heavy atom. The number of carbonyl (C=O) groups is 1. The van der Waals surface area contributed by atoms with Crippen molar-refractivity contribution in [3.8, 4) is 0 Å². The largest absolute Gasteiger partial charge is 0.383 e. The Balaban J connectivity index is 2.91. The first-order valence-electron chi connectivity index (χ1n) is 4.51. The van der Waals surface area contributed by atoms with E-state index in [1.54, 1.807) is 0 Å². The lowest BCUT2D eigenvalue weighted by atomic mass is 9.97. The average molecular weight is 214 g/mol. The van der Waals surface area contributed by atoms with Crippen molar-refractivity contribution in [1.29, 1.82) is 0 Å². The summed E-state index contributed by atoms with van der Waals surface area (Å²) in [7, 11) is 0. The molecule has 0 aliphatic carbocycles. The molecule has 0 aliphatic heterocycles. The summed E-state index contributed by atoms with van der Waals surface area (Å²) in [4.78, 5) is 11.4. The molecule has 0 bridgehead atoms. The van der Waals surface area contributed by atoms with E-state index in [0.717, 1.165) is 6.07 Å². The molecule has 0 saturated heterocycles. The van der Waals surface area contributed by atoms with Crippen LogP contribution in [0.5, 0.6) is 0 Å². The first-order valence-corrected chi connectivity index (χ1v) is 4.51. The Morgan fingerprint density at radius 3 is 2.53 bits per heavy atom. The first-order chi connectivity index (χ1) is 6.82. The van der Waals surface area contributed by atoms with Gasteiger partial charge in [-0.05, 0) is 25.5 Å². The summed E-state index contributed by atoms with van der Waals surface area (Å²) < 4.78 is 25.9. The second-order valence-electron chi connectivity index (χ2n) is 3.87. The fourth-order valence-electron chi connectivity index (χ4n) is 1.07. The number of rotatable bonds is 3. The van der Waals surface area contributed by atoms with Crippen molar-refractivity contribution in [2.45, 2.75) is 25.9 Å². The number of hydrogen-bond donors (Lipinski definition) is 1. The molecule has 0 heterocycles. The van der Waals surface area contributed by atoms with E-state index in [9.17, 15) is 18.7 Å². The van der Waals surface area contributed by atoms with Gasteiger partial charge in [-0.25, -0.2) is 8.78 Å². The van der Waals surface area contributed by atoms with E-state index < -0.39 is 23.0 Å². The van der Waals surface area contributed by atoms with Gasteiger partial charge in [0, 0.05) is 6.42 Å². The van der Waals surface area contributed by atoms with E-state index in [-0.39, 0.29) is 12.0 Å². The highest BCUT2D eigenvalue weighted by Gasteiger charge is 2.24. The summed E-state index contributed by atoms with van der Waals surface area (Å²) in [5.74, 6) is -2.57. The predicted octanol–water partition coefficient (Wildman–Crippen LogP) is 1.85. The zero-order valence-corrected chi connectivity index (χ0v) is 8.55. The number of hydrogen-bond acceptors (Lipinski definition) is 2. The van der Waals surface area contributed by atoms with Crippen LogP contribution in [0.4, 0.5) is 8.78 Å². The van der Waals surface area contributed by atoms with Crippen molar-refractivity contribution in [2.75, 3.05) is 0 Å². The molecule has 0 unspecified atom stereocenters. The summed E-state index contributed by atoms with van der Waals surface area (Å²) in [5.41, 5.74) is -1.57. The molecule has 82 valence electrons. The number of carbonyl (C=O) groups excluding carboxylic acids is 1. The lowest BCUT2D eigenvalue weighted by molar-refractivity contribution is -0.133. The zero-order valence-electron chi connectivity index (χ0n) is 8.55. The Kier molecular flexibility index (Phi) is 3.19. The maximum Gasteiger partial charge on any atom is 0.168 e. The summed E-state index contributed by atoms with van der Waals surface area (Å²) in [6, 6.07) is 3.63. The quantitative estimate of drug-likeness (QED) is 0.833. The van der Waals surface area contributed by atoms with Gasteiger partial charge in [0.2, 0.25) is 0 Å². The number of halogens is 2. The average Bonchev–Trinajstić information content (AvgIpc) is 2.11. The Hall–Kier alpha value is -1.29. The smallest absolute Gasteiger partial charge is 0.168 e. The molecule has 1 aromatic rings. The molecule has 0 radical (unpaired) electrons. The minimum atomic E-state index is -1.53. The lowest BCUT2D eigenvalue weighted by Gasteiger charge is -2.15. The normalized spacial score (nSPS) is 11.5. The van der Waals surface area contributed by atoms with Gasteiger partial charge < -0.3 is 5.11 Å². The molecule has 0 spiro atoms. The third kappa shape index (κ3) is 2.83. The van der Waals surface area contributed by atoms with Crippen molar-refractivity contribution in [1.82, 2.24) is 0 Å². The van der Waals surface area contributed by atoms with Crippen molar-refractivity contribution >= 4 is 5.78 Å². The van der Waals surface area contributed by atoms with Gasteiger partial charge in [0.1, 0.15) is 5.60 Å². The molecule has 0 amide bonds. The Morgan fingerprint density at radius 2 is 2.00 bits per heavy atom. The highest BCUT2D eigenvalue weighted by Crippen LogP contribution is 2.15. The minimum absolute atomic E-state index is 0.0397. The van der Waals surface area contributed by atoms with Crippen LogP contribution in [-0.4, -0.2) is 16.5 Å². The van der Waals surface area contributed by atoms with Crippen LogP contribution in [0.3, 0.4) is 0 Å². The summed E-state index contributed by atoms with van der Waals surface area (Å²) in [6.07, 6.45) is -0.312. The molecule has 1 rings (SSSR count). The van der Waals surface area contributed by atoms with Gasteiger partial charge in [-0.1, -0.05) is 12.1 Å². The molecule has 15 heavy (non-hydrogen) atoms. The highest BCUT2D eigenvalue weighted by molar-refractivity contribution is 5.88. The standard InChI is InChI=1S/C11H12F2O2/c1-11(2,15)9(14)6-7-4-3-5-8(12)10(7)13/h3-5,15H,6H2,1-2H3. The van der Waals surface area contributed by atoms with Gasteiger partial charge in [-0.2, -0.15) is 0 Å². The fraction of sp³-hybridized carbons (Fsp3) is 0.364. The van der Waals surface area contributed by atoms with Gasteiger partial charge in [-0.15, -0.1) is 0 Å². The molecule has 0 atom stereocenters. The SMILES string of the molecule is CC(C)(O)C(=O)Cc1cccc(F)c1F. The van der Waals surface area contributed by atoms with E-state index >= 15 is 0 Å². The van der Waals surface area contributed by atoms with E-state index in [2.05, 4.69) is 0 Å². The monoisotopic (exact) mass is 214 g/mol. The number of benzene rings is 1. The van der Waals surface area contributed by atoms with Crippen molar-refractivity contribution in [2.24, 2.45) is 0 Å². The molecule has 0 aromatic heterocycles. The molecule has 2 nitrogen and oxygen atoms in total. The number of ketones is 1. The van der Waals surface area contributed by atoms with Crippen molar-refractivity contribution in [3.63, 3.8) is 0 Å². The van der Waals surface area contributed by atoms with Crippen LogP contribution in [-0.2, 0) is 11.2 Å². The van der Waals surface area contributed by atoms with E-state index in [1.165, 1.54) is 26.0 Å². The van der Waals surface area contributed by atoms with Crippen LogP contribution in [0, 0.1) is 11.6 Å². The van der Waals surface area contributed by atoms with E-state index in [4.69, 9.17) is 0 Å². The first kappa shape index (κ1) is 11.8. The second kappa shape index (κ2) is 4.06. The third-order valence-corrected chi connectivity index (χ3v) is 2.06. The van der Waals surface area contributed by atoms with Gasteiger partial charge in [0.25, 0.3) is 0 Å². The van der Waals surface area contributed by atoms with Crippen LogP contribution in [0.15, 0.2) is 18.2 Å². The van der Waals surface area contributed by atoms with E-state index in [1.807, 2.05) is 0 Å². The predicted molar refractivity (Wildman–Crippen MR) is 51.4 cm³/mol.